The average molecular weight is 257 g/mol. The number of rotatable bonds is 6. The molecule has 0 saturated carbocycles. The predicted molar refractivity (Wildman–Crippen MR) is 70.7 cm³/mol. The summed E-state index contributed by atoms with van der Waals surface area (Å²) in [6, 6.07) is 3.31. The second kappa shape index (κ2) is 6.61. The number of thioether (sulfide) groups is 1. The Balaban J connectivity index is 2.55. The first-order valence-corrected chi connectivity index (χ1v) is 6.90. The van der Waals surface area contributed by atoms with Gasteiger partial charge in [-0.1, -0.05) is 6.07 Å². The first-order chi connectivity index (χ1) is 8.06. The second-order valence-electron chi connectivity index (χ2n) is 4.00. The van der Waals surface area contributed by atoms with Gasteiger partial charge in [0.15, 0.2) is 11.5 Å². The Morgan fingerprint density at radius 3 is 2.59 bits per heavy atom. The Kier molecular flexibility index (Phi) is 5.44. The lowest BCUT2D eigenvalue weighted by molar-refractivity contribution is 0.363. The zero-order chi connectivity index (χ0) is 12.8. The molecule has 5 heteroatoms. The van der Waals surface area contributed by atoms with Crippen molar-refractivity contribution in [3.05, 3.63) is 17.7 Å². The minimum atomic E-state index is -0.457. The summed E-state index contributed by atoms with van der Waals surface area (Å²) in [4.78, 5) is 0. The van der Waals surface area contributed by atoms with E-state index >= 15 is 0 Å². The van der Waals surface area contributed by atoms with E-state index in [9.17, 15) is 15.3 Å². The quantitative estimate of drug-likeness (QED) is 0.587. The van der Waals surface area contributed by atoms with Gasteiger partial charge in [0.25, 0.3) is 0 Å². The fourth-order valence-corrected chi connectivity index (χ4v) is 2.02. The molecule has 17 heavy (non-hydrogen) atoms. The minimum absolute atomic E-state index is 0.255. The maximum atomic E-state index is 9.61. The van der Waals surface area contributed by atoms with Crippen molar-refractivity contribution in [3.63, 3.8) is 0 Å². The van der Waals surface area contributed by atoms with Crippen LogP contribution in [0, 0.1) is 0 Å². The van der Waals surface area contributed by atoms with Crippen LogP contribution in [0.3, 0.4) is 0 Å². The maximum Gasteiger partial charge on any atom is 0.200 e. The van der Waals surface area contributed by atoms with E-state index in [1.54, 1.807) is 17.8 Å². The molecule has 0 aliphatic rings. The van der Waals surface area contributed by atoms with Crippen LogP contribution in [-0.4, -0.2) is 33.4 Å². The molecule has 0 radical (unpaired) electrons. The Labute approximate surface area is 106 Å². The van der Waals surface area contributed by atoms with Gasteiger partial charge in [0.1, 0.15) is 0 Å². The first kappa shape index (κ1) is 14.0. The number of phenols is 3. The normalized spacial score (nSPS) is 12.6. The summed E-state index contributed by atoms with van der Waals surface area (Å²) in [5, 5.41) is 31.4. The summed E-state index contributed by atoms with van der Waals surface area (Å²) >= 11 is 1.80. The number of benzene rings is 1. The van der Waals surface area contributed by atoms with Crippen LogP contribution in [0.1, 0.15) is 18.9 Å². The molecule has 0 fully saturated rings. The lowest BCUT2D eigenvalue weighted by Gasteiger charge is -2.14. The van der Waals surface area contributed by atoms with Gasteiger partial charge < -0.3 is 20.6 Å². The van der Waals surface area contributed by atoms with Gasteiger partial charge in [-0.15, -0.1) is 0 Å². The number of aromatic hydroxyl groups is 3. The highest BCUT2D eigenvalue weighted by molar-refractivity contribution is 7.98. The molecule has 1 atom stereocenters. The lowest BCUT2D eigenvalue weighted by atomic mass is 10.1. The van der Waals surface area contributed by atoms with Gasteiger partial charge in [0, 0.05) is 18.2 Å². The average Bonchev–Trinajstić information content (AvgIpc) is 2.32. The number of hydrogen-bond acceptors (Lipinski definition) is 5. The zero-order valence-electron chi connectivity index (χ0n) is 10.1. The number of nitrogens with one attached hydrogen (secondary N) is 1. The Morgan fingerprint density at radius 2 is 1.94 bits per heavy atom. The van der Waals surface area contributed by atoms with E-state index in [0.717, 1.165) is 12.2 Å². The van der Waals surface area contributed by atoms with Crippen LogP contribution in [0.15, 0.2) is 12.1 Å². The monoisotopic (exact) mass is 257 g/mol. The maximum absolute atomic E-state index is 9.61. The standard InChI is InChI=1S/C12H19NO3S/c1-8(5-6-17-2)13-7-9-3-4-10(14)12(16)11(9)15/h3-4,8,13-16H,5-7H2,1-2H3. The molecule has 0 amide bonds. The highest BCUT2D eigenvalue weighted by Crippen LogP contribution is 2.36. The van der Waals surface area contributed by atoms with Crippen LogP contribution in [0.2, 0.25) is 0 Å². The third kappa shape index (κ3) is 4.02. The van der Waals surface area contributed by atoms with Crippen molar-refractivity contribution in [2.24, 2.45) is 0 Å². The van der Waals surface area contributed by atoms with E-state index in [1.807, 2.05) is 0 Å². The summed E-state index contributed by atoms with van der Waals surface area (Å²) in [5.41, 5.74) is 0.580. The minimum Gasteiger partial charge on any atom is -0.504 e. The van der Waals surface area contributed by atoms with Crippen LogP contribution < -0.4 is 5.32 Å². The molecule has 0 heterocycles. The molecule has 0 aromatic heterocycles. The van der Waals surface area contributed by atoms with Crippen LogP contribution in [0.4, 0.5) is 0 Å². The van der Waals surface area contributed by atoms with Gasteiger partial charge in [-0.25, -0.2) is 0 Å². The molecule has 1 rings (SSSR count). The van der Waals surface area contributed by atoms with E-state index in [0.29, 0.717) is 18.2 Å². The van der Waals surface area contributed by atoms with Gasteiger partial charge in [0.05, 0.1) is 0 Å². The van der Waals surface area contributed by atoms with E-state index in [2.05, 4.69) is 18.5 Å². The van der Waals surface area contributed by atoms with Crippen molar-refractivity contribution in [2.45, 2.75) is 25.9 Å². The van der Waals surface area contributed by atoms with E-state index in [4.69, 9.17) is 0 Å². The van der Waals surface area contributed by atoms with Crippen LogP contribution >= 0.6 is 11.8 Å². The highest BCUT2D eigenvalue weighted by atomic mass is 32.2. The van der Waals surface area contributed by atoms with Crippen molar-refractivity contribution in [2.75, 3.05) is 12.0 Å². The Hall–Kier alpha value is -1.07. The largest absolute Gasteiger partial charge is 0.504 e. The SMILES string of the molecule is CSCCC(C)NCc1ccc(O)c(O)c1O. The van der Waals surface area contributed by atoms with Gasteiger partial charge in [0.2, 0.25) is 5.75 Å². The molecule has 1 unspecified atom stereocenters. The molecule has 1 aromatic carbocycles. The first-order valence-electron chi connectivity index (χ1n) is 5.51. The van der Waals surface area contributed by atoms with Gasteiger partial charge in [-0.2, -0.15) is 11.8 Å². The molecule has 96 valence electrons. The van der Waals surface area contributed by atoms with Crippen molar-refractivity contribution >= 4 is 11.8 Å². The predicted octanol–water partition coefficient (Wildman–Crippen LogP) is 2.03. The molecule has 1 aromatic rings. The molecule has 0 saturated heterocycles. The summed E-state index contributed by atoms with van der Waals surface area (Å²) in [5.74, 6) is 0.0679. The van der Waals surface area contributed by atoms with Gasteiger partial charge >= 0.3 is 0 Å². The van der Waals surface area contributed by atoms with Crippen molar-refractivity contribution in [3.8, 4) is 17.2 Å². The Morgan fingerprint density at radius 1 is 1.24 bits per heavy atom. The molecule has 0 aliphatic carbocycles. The molecule has 4 nitrogen and oxygen atoms in total. The third-order valence-electron chi connectivity index (χ3n) is 2.61. The van der Waals surface area contributed by atoms with Crippen LogP contribution in [0.25, 0.3) is 0 Å². The van der Waals surface area contributed by atoms with Crippen molar-refractivity contribution in [1.29, 1.82) is 0 Å². The van der Waals surface area contributed by atoms with Crippen molar-refractivity contribution < 1.29 is 15.3 Å². The fourth-order valence-electron chi connectivity index (χ4n) is 1.43. The van der Waals surface area contributed by atoms with E-state index in [-0.39, 0.29) is 11.5 Å². The number of phenolic OH excluding ortho intramolecular Hbond substituents is 3. The summed E-state index contributed by atoms with van der Waals surface area (Å²) in [6.45, 7) is 2.54. The smallest absolute Gasteiger partial charge is 0.200 e. The molecule has 4 N–H and O–H groups in total. The fraction of sp³-hybridized carbons (Fsp3) is 0.500. The lowest BCUT2D eigenvalue weighted by Crippen LogP contribution is -2.25. The molecular weight excluding hydrogens is 238 g/mol. The molecular formula is C12H19NO3S. The van der Waals surface area contributed by atoms with Gasteiger partial charge in [-0.3, -0.25) is 0 Å². The third-order valence-corrected chi connectivity index (χ3v) is 3.25. The topological polar surface area (TPSA) is 72.7 Å². The van der Waals surface area contributed by atoms with Gasteiger partial charge in [-0.05, 0) is 31.4 Å². The summed E-state index contributed by atoms with van der Waals surface area (Å²) in [6.07, 6.45) is 3.11. The second-order valence-corrected chi connectivity index (χ2v) is 4.99. The van der Waals surface area contributed by atoms with E-state index < -0.39 is 5.75 Å². The molecule has 0 spiro atoms. The number of hydrogen-bond donors (Lipinski definition) is 4. The molecule has 0 bridgehead atoms. The summed E-state index contributed by atoms with van der Waals surface area (Å²) in [7, 11) is 0. The van der Waals surface area contributed by atoms with Crippen LogP contribution in [-0.2, 0) is 6.54 Å². The van der Waals surface area contributed by atoms with Crippen LogP contribution in [0.5, 0.6) is 17.2 Å². The van der Waals surface area contributed by atoms with Crippen molar-refractivity contribution in [1.82, 2.24) is 5.32 Å². The summed E-state index contributed by atoms with van der Waals surface area (Å²) < 4.78 is 0. The molecule has 0 aliphatic heterocycles. The highest BCUT2D eigenvalue weighted by Gasteiger charge is 2.11. The Bertz CT molecular complexity index is 371. The zero-order valence-corrected chi connectivity index (χ0v) is 10.9. The van der Waals surface area contributed by atoms with E-state index in [1.165, 1.54) is 6.07 Å².